The molecule has 0 unspecified atom stereocenters. The summed E-state index contributed by atoms with van der Waals surface area (Å²) in [7, 11) is 2.10. The van der Waals surface area contributed by atoms with Crippen molar-refractivity contribution in [1.82, 2.24) is 4.90 Å². The summed E-state index contributed by atoms with van der Waals surface area (Å²) in [5.41, 5.74) is 0.256. The van der Waals surface area contributed by atoms with Gasteiger partial charge in [-0.15, -0.1) is 0 Å². The van der Waals surface area contributed by atoms with Crippen LogP contribution in [0.5, 0.6) is 0 Å². The van der Waals surface area contributed by atoms with Gasteiger partial charge in [-0.25, -0.2) is 0 Å². The second-order valence-electron chi connectivity index (χ2n) is 6.24. The monoisotopic (exact) mass is 266 g/mol. The van der Waals surface area contributed by atoms with Crippen molar-refractivity contribution in [2.75, 3.05) is 32.0 Å². The quantitative estimate of drug-likeness (QED) is 0.603. The van der Waals surface area contributed by atoms with Crippen molar-refractivity contribution in [3.05, 3.63) is 26.0 Å². The highest BCUT2D eigenvalue weighted by atomic mass is 16.2. The van der Waals surface area contributed by atoms with Crippen LogP contribution in [0.3, 0.4) is 0 Å². The third-order valence-corrected chi connectivity index (χ3v) is 3.28. The van der Waals surface area contributed by atoms with Crippen LogP contribution in [-0.4, -0.2) is 31.6 Å². The molecule has 4 nitrogen and oxygen atoms in total. The molecule has 0 aliphatic heterocycles. The maximum absolute atomic E-state index is 11.6. The molecule has 0 saturated heterocycles. The van der Waals surface area contributed by atoms with E-state index in [0.29, 0.717) is 11.3 Å². The summed E-state index contributed by atoms with van der Waals surface area (Å²) < 4.78 is 0. The molecule has 1 rings (SSSR count). The lowest BCUT2D eigenvalue weighted by molar-refractivity contribution is 0.333. The second-order valence-corrected chi connectivity index (χ2v) is 6.24. The molecule has 108 valence electrons. The molecule has 1 N–H and O–H groups in total. The highest BCUT2D eigenvalue weighted by molar-refractivity contribution is 5.59. The Bertz CT molecular complexity index is 479. The van der Waals surface area contributed by atoms with E-state index in [9.17, 15) is 9.59 Å². The van der Waals surface area contributed by atoms with Crippen molar-refractivity contribution < 1.29 is 0 Å². The highest BCUT2D eigenvalue weighted by Gasteiger charge is 2.29. The fourth-order valence-electron chi connectivity index (χ4n) is 2.33. The van der Waals surface area contributed by atoms with E-state index in [2.05, 4.69) is 24.2 Å². The Balaban J connectivity index is 2.50. The third kappa shape index (κ3) is 3.90. The molecule has 4 heteroatoms. The summed E-state index contributed by atoms with van der Waals surface area (Å²) in [6, 6.07) is 0. The lowest BCUT2D eigenvalue weighted by Gasteiger charge is -2.24. The predicted octanol–water partition coefficient (Wildman–Crippen LogP) is 1.72. The van der Waals surface area contributed by atoms with Gasteiger partial charge in [0.15, 0.2) is 0 Å². The molecule has 0 atom stereocenters. The standard InChI is InChI=1S/C15H26N2O2/c1-6-9-17(5)10-7-8-16-12-11(15(2,3)4)13(18)14(12)19/h16H,6-10H2,1-5H3. The number of hydrogen-bond donors (Lipinski definition) is 1. The molecule has 0 aliphatic rings. The molecule has 19 heavy (non-hydrogen) atoms. The van der Waals surface area contributed by atoms with Crippen LogP contribution >= 0.6 is 0 Å². The first-order valence-electron chi connectivity index (χ1n) is 7.05. The van der Waals surface area contributed by atoms with Crippen molar-refractivity contribution in [2.45, 2.75) is 46.0 Å². The number of nitrogens with one attached hydrogen (secondary N) is 1. The fraction of sp³-hybridized carbons (Fsp3) is 0.733. The average molecular weight is 266 g/mol. The lowest BCUT2D eigenvalue weighted by atomic mass is 9.82. The SMILES string of the molecule is CCCN(C)CCCNc1c(C(C)(C)C)c(=O)c1=O. The van der Waals surface area contributed by atoms with Gasteiger partial charge in [0.1, 0.15) is 0 Å². The normalized spacial score (nSPS) is 12.3. The van der Waals surface area contributed by atoms with Gasteiger partial charge in [0, 0.05) is 12.1 Å². The fourth-order valence-corrected chi connectivity index (χ4v) is 2.33. The largest absolute Gasteiger partial charge is 0.381 e. The smallest absolute Gasteiger partial charge is 0.249 e. The second kappa shape index (κ2) is 6.33. The maximum Gasteiger partial charge on any atom is 0.249 e. The molecular weight excluding hydrogens is 240 g/mol. The summed E-state index contributed by atoms with van der Waals surface area (Å²) in [5.74, 6) is 0. The first-order chi connectivity index (χ1) is 8.79. The average Bonchev–Trinajstić information content (AvgIpc) is 2.30. The van der Waals surface area contributed by atoms with E-state index in [1.165, 1.54) is 0 Å². The van der Waals surface area contributed by atoms with Gasteiger partial charge in [0.25, 0.3) is 0 Å². The molecule has 0 spiro atoms. The zero-order valence-electron chi connectivity index (χ0n) is 12.8. The Hall–Kier alpha value is -1.16. The van der Waals surface area contributed by atoms with Gasteiger partial charge in [0.2, 0.25) is 10.9 Å². The molecule has 0 radical (unpaired) electrons. The van der Waals surface area contributed by atoms with Gasteiger partial charge < -0.3 is 10.2 Å². The first kappa shape index (κ1) is 15.9. The Kier molecular flexibility index (Phi) is 5.29. The van der Waals surface area contributed by atoms with Crippen molar-refractivity contribution in [3.63, 3.8) is 0 Å². The van der Waals surface area contributed by atoms with Crippen LogP contribution in [0.15, 0.2) is 9.59 Å². The molecular formula is C15H26N2O2. The maximum atomic E-state index is 11.6. The molecule has 0 bridgehead atoms. The van der Waals surface area contributed by atoms with Crippen LogP contribution in [0.25, 0.3) is 0 Å². The Labute approximate surface area is 115 Å². The van der Waals surface area contributed by atoms with Crippen molar-refractivity contribution in [2.24, 2.45) is 0 Å². The minimum absolute atomic E-state index is 0.258. The molecule has 0 fully saturated rings. The molecule has 0 aliphatic carbocycles. The topological polar surface area (TPSA) is 49.4 Å². The summed E-state index contributed by atoms with van der Waals surface area (Å²) in [4.78, 5) is 25.4. The minimum Gasteiger partial charge on any atom is -0.381 e. The van der Waals surface area contributed by atoms with E-state index in [0.717, 1.165) is 32.5 Å². The number of rotatable bonds is 7. The van der Waals surface area contributed by atoms with Crippen molar-refractivity contribution >= 4 is 5.69 Å². The summed E-state index contributed by atoms with van der Waals surface area (Å²) in [5, 5.41) is 3.14. The van der Waals surface area contributed by atoms with E-state index < -0.39 is 0 Å². The van der Waals surface area contributed by atoms with Crippen LogP contribution in [-0.2, 0) is 5.41 Å². The number of anilines is 1. The molecule has 1 aromatic rings. The van der Waals surface area contributed by atoms with Crippen molar-refractivity contribution in [1.29, 1.82) is 0 Å². The van der Waals surface area contributed by atoms with E-state index in [1.807, 2.05) is 20.8 Å². The van der Waals surface area contributed by atoms with Crippen LogP contribution in [0.4, 0.5) is 5.69 Å². The van der Waals surface area contributed by atoms with E-state index in [1.54, 1.807) is 0 Å². The van der Waals surface area contributed by atoms with Gasteiger partial charge in [-0.05, 0) is 38.4 Å². The van der Waals surface area contributed by atoms with Gasteiger partial charge in [-0.3, -0.25) is 9.59 Å². The number of nitrogens with zero attached hydrogens (tertiary/aromatic N) is 1. The zero-order chi connectivity index (χ0) is 14.6. The molecule has 0 saturated carbocycles. The van der Waals surface area contributed by atoms with Crippen LogP contribution in [0, 0.1) is 0 Å². The predicted molar refractivity (Wildman–Crippen MR) is 80.9 cm³/mol. The molecule has 0 amide bonds. The van der Waals surface area contributed by atoms with Crippen LogP contribution in [0.2, 0.25) is 0 Å². The van der Waals surface area contributed by atoms with Gasteiger partial charge in [0.05, 0.1) is 5.69 Å². The Morgan fingerprint density at radius 2 is 1.74 bits per heavy atom. The Morgan fingerprint density at radius 1 is 1.11 bits per heavy atom. The van der Waals surface area contributed by atoms with Gasteiger partial charge in [-0.2, -0.15) is 0 Å². The summed E-state index contributed by atoms with van der Waals surface area (Å²) in [6.45, 7) is 10.9. The van der Waals surface area contributed by atoms with E-state index in [-0.39, 0.29) is 16.3 Å². The third-order valence-electron chi connectivity index (χ3n) is 3.28. The van der Waals surface area contributed by atoms with Crippen LogP contribution in [0.1, 0.15) is 46.1 Å². The van der Waals surface area contributed by atoms with Crippen LogP contribution < -0.4 is 16.2 Å². The lowest BCUT2D eigenvalue weighted by Crippen LogP contribution is -2.43. The molecule has 0 heterocycles. The Morgan fingerprint density at radius 3 is 2.26 bits per heavy atom. The first-order valence-corrected chi connectivity index (χ1v) is 7.05. The minimum atomic E-state index is -0.355. The van der Waals surface area contributed by atoms with Gasteiger partial charge in [-0.1, -0.05) is 27.7 Å². The summed E-state index contributed by atoms with van der Waals surface area (Å²) >= 11 is 0. The van der Waals surface area contributed by atoms with Crippen molar-refractivity contribution in [3.8, 4) is 0 Å². The molecule has 1 aromatic carbocycles. The van der Waals surface area contributed by atoms with Gasteiger partial charge >= 0.3 is 0 Å². The van der Waals surface area contributed by atoms with E-state index >= 15 is 0 Å². The molecule has 0 aromatic heterocycles. The zero-order valence-corrected chi connectivity index (χ0v) is 12.8. The number of hydrogen-bond acceptors (Lipinski definition) is 4. The van der Waals surface area contributed by atoms with E-state index in [4.69, 9.17) is 0 Å². The summed E-state index contributed by atoms with van der Waals surface area (Å²) in [6.07, 6.45) is 2.12. The highest BCUT2D eigenvalue weighted by Crippen LogP contribution is 2.25.